The second-order valence-corrected chi connectivity index (χ2v) is 4.39. The molecule has 0 radical (unpaired) electrons. The molecule has 1 unspecified atom stereocenters. The minimum Gasteiger partial charge on any atom is -0.270 e. The van der Waals surface area contributed by atoms with E-state index in [-0.39, 0.29) is 6.04 Å². The van der Waals surface area contributed by atoms with Gasteiger partial charge in [-0.2, -0.15) is 5.10 Å². The zero-order chi connectivity index (χ0) is 13.1. The number of aryl methyl sites for hydroxylation is 3. The Balaban J connectivity index is 2.45. The summed E-state index contributed by atoms with van der Waals surface area (Å²) in [6, 6.07) is 3.95. The van der Waals surface area contributed by atoms with Crippen molar-refractivity contribution in [2.24, 2.45) is 5.84 Å². The molecule has 2 aromatic rings. The second-order valence-electron chi connectivity index (χ2n) is 4.39. The Kier molecular flexibility index (Phi) is 3.74. The molecule has 2 aromatic heterocycles. The van der Waals surface area contributed by atoms with Crippen LogP contribution in [0.1, 0.15) is 35.5 Å². The van der Waals surface area contributed by atoms with Crippen LogP contribution in [0.2, 0.25) is 0 Å². The summed E-state index contributed by atoms with van der Waals surface area (Å²) in [6.45, 7) is 6.95. The average molecular weight is 245 g/mol. The summed E-state index contributed by atoms with van der Waals surface area (Å²) < 4.78 is 1.92. The van der Waals surface area contributed by atoms with Crippen LogP contribution in [-0.2, 0) is 6.54 Å². The lowest BCUT2D eigenvalue weighted by atomic mass is 10.0. The van der Waals surface area contributed by atoms with Crippen LogP contribution >= 0.6 is 0 Å². The van der Waals surface area contributed by atoms with E-state index in [2.05, 4.69) is 28.5 Å². The van der Waals surface area contributed by atoms with Gasteiger partial charge < -0.3 is 0 Å². The summed E-state index contributed by atoms with van der Waals surface area (Å²) in [4.78, 5) is 4.50. The normalized spacial score (nSPS) is 12.7. The van der Waals surface area contributed by atoms with E-state index in [1.165, 1.54) is 0 Å². The first-order valence-corrected chi connectivity index (χ1v) is 6.08. The highest BCUT2D eigenvalue weighted by atomic mass is 15.3. The van der Waals surface area contributed by atoms with E-state index in [0.717, 1.165) is 29.1 Å². The minimum absolute atomic E-state index is 0.131. The molecule has 0 aromatic carbocycles. The number of nitrogens with two attached hydrogens (primary N) is 1. The van der Waals surface area contributed by atoms with Gasteiger partial charge in [-0.1, -0.05) is 6.07 Å². The van der Waals surface area contributed by atoms with E-state index in [1.54, 1.807) is 6.20 Å². The first-order chi connectivity index (χ1) is 8.67. The number of pyridine rings is 1. The summed E-state index contributed by atoms with van der Waals surface area (Å²) in [6.07, 6.45) is 3.64. The summed E-state index contributed by atoms with van der Waals surface area (Å²) >= 11 is 0. The average Bonchev–Trinajstić information content (AvgIpc) is 2.81. The molecule has 0 amide bonds. The van der Waals surface area contributed by atoms with E-state index in [1.807, 2.05) is 30.8 Å². The maximum Gasteiger partial charge on any atom is 0.105 e. The van der Waals surface area contributed by atoms with Gasteiger partial charge in [0.2, 0.25) is 0 Å². The molecule has 0 aliphatic heterocycles. The molecule has 0 aliphatic carbocycles. The molecule has 1 atom stereocenters. The van der Waals surface area contributed by atoms with Gasteiger partial charge in [0.05, 0.1) is 11.4 Å². The summed E-state index contributed by atoms with van der Waals surface area (Å²) in [5.41, 5.74) is 7.08. The Morgan fingerprint density at radius 3 is 2.83 bits per heavy atom. The van der Waals surface area contributed by atoms with Gasteiger partial charge in [-0.3, -0.25) is 15.5 Å². The van der Waals surface area contributed by atoms with Crippen LogP contribution in [0.15, 0.2) is 24.5 Å². The van der Waals surface area contributed by atoms with Crippen molar-refractivity contribution in [1.29, 1.82) is 0 Å². The van der Waals surface area contributed by atoms with Gasteiger partial charge in [0, 0.05) is 18.9 Å². The van der Waals surface area contributed by atoms with Crippen molar-refractivity contribution < 1.29 is 0 Å². The SMILES string of the molecule is CCn1nccc1C(NN)c1ncc(C)cc1C. The topological polar surface area (TPSA) is 68.8 Å². The van der Waals surface area contributed by atoms with Gasteiger partial charge >= 0.3 is 0 Å². The fourth-order valence-electron chi connectivity index (χ4n) is 2.18. The predicted octanol–water partition coefficient (Wildman–Crippen LogP) is 1.47. The van der Waals surface area contributed by atoms with E-state index in [9.17, 15) is 0 Å². The Hall–Kier alpha value is -1.72. The van der Waals surface area contributed by atoms with Crippen LogP contribution in [0.25, 0.3) is 0 Å². The molecule has 0 saturated heterocycles. The standard InChI is InChI=1S/C13H19N5/c1-4-18-11(5-6-16-18)13(17-14)12-10(3)7-9(2)8-15-12/h5-8,13,17H,4,14H2,1-3H3. The maximum atomic E-state index is 5.70. The van der Waals surface area contributed by atoms with Crippen LogP contribution in [0.3, 0.4) is 0 Å². The van der Waals surface area contributed by atoms with Crippen molar-refractivity contribution in [2.45, 2.75) is 33.4 Å². The van der Waals surface area contributed by atoms with Crippen molar-refractivity contribution in [1.82, 2.24) is 20.2 Å². The van der Waals surface area contributed by atoms with E-state index >= 15 is 0 Å². The molecule has 0 fully saturated rings. The smallest absolute Gasteiger partial charge is 0.105 e. The highest BCUT2D eigenvalue weighted by Crippen LogP contribution is 2.22. The first kappa shape index (κ1) is 12.7. The lowest BCUT2D eigenvalue weighted by Gasteiger charge is -2.18. The first-order valence-electron chi connectivity index (χ1n) is 6.08. The van der Waals surface area contributed by atoms with Crippen LogP contribution in [0.5, 0.6) is 0 Å². The third-order valence-corrected chi connectivity index (χ3v) is 3.04. The van der Waals surface area contributed by atoms with Gasteiger partial charge in [0.1, 0.15) is 6.04 Å². The number of hydrogen-bond acceptors (Lipinski definition) is 4. The monoisotopic (exact) mass is 245 g/mol. The summed E-state index contributed by atoms with van der Waals surface area (Å²) in [7, 11) is 0. The van der Waals surface area contributed by atoms with Gasteiger partial charge in [0.25, 0.3) is 0 Å². The molecule has 0 aliphatic rings. The molecule has 0 saturated carbocycles. The Morgan fingerprint density at radius 2 is 2.22 bits per heavy atom. The third kappa shape index (κ3) is 2.27. The fraction of sp³-hybridized carbons (Fsp3) is 0.385. The molecule has 2 rings (SSSR count). The molecule has 0 spiro atoms. The zero-order valence-corrected chi connectivity index (χ0v) is 11.0. The quantitative estimate of drug-likeness (QED) is 0.632. The summed E-state index contributed by atoms with van der Waals surface area (Å²) in [5, 5.41) is 4.27. The molecule has 3 N–H and O–H groups in total. The molecular weight excluding hydrogens is 226 g/mol. The van der Waals surface area contributed by atoms with Gasteiger partial charge in [0.15, 0.2) is 0 Å². The van der Waals surface area contributed by atoms with Gasteiger partial charge in [-0.05, 0) is 38.0 Å². The van der Waals surface area contributed by atoms with Crippen molar-refractivity contribution in [2.75, 3.05) is 0 Å². The van der Waals surface area contributed by atoms with Crippen molar-refractivity contribution in [3.05, 3.63) is 47.0 Å². The third-order valence-electron chi connectivity index (χ3n) is 3.04. The number of rotatable bonds is 4. The molecule has 18 heavy (non-hydrogen) atoms. The minimum atomic E-state index is -0.131. The lowest BCUT2D eigenvalue weighted by Crippen LogP contribution is -2.32. The number of aromatic nitrogens is 3. The largest absolute Gasteiger partial charge is 0.270 e. The van der Waals surface area contributed by atoms with Gasteiger partial charge in [-0.25, -0.2) is 5.43 Å². The maximum absolute atomic E-state index is 5.70. The van der Waals surface area contributed by atoms with E-state index in [0.29, 0.717) is 0 Å². The van der Waals surface area contributed by atoms with E-state index < -0.39 is 0 Å². The lowest BCUT2D eigenvalue weighted by molar-refractivity contribution is 0.533. The Bertz CT molecular complexity index is 532. The molecule has 0 bridgehead atoms. The molecule has 5 heteroatoms. The highest BCUT2D eigenvalue weighted by molar-refractivity contribution is 5.30. The van der Waals surface area contributed by atoms with E-state index in [4.69, 9.17) is 5.84 Å². The van der Waals surface area contributed by atoms with Crippen LogP contribution in [0, 0.1) is 13.8 Å². The molecule has 5 nitrogen and oxygen atoms in total. The molecule has 2 heterocycles. The van der Waals surface area contributed by atoms with Crippen LogP contribution < -0.4 is 11.3 Å². The van der Waals surface area contributed by atoms with Gasteiger partial charge in [-0.15, -0.1) is 0 Å². The van der Waals surface area contributed by atoms with Crippen molar-refractivity contribution in [3.8, 4) is 0 Å². The Morgan fingerprint density at radius 1 is 1.44 bits per heavy atom. The number of hydrazine groups is 1. The predicted molar refractivity (Wildman–Crippen MR) is 70.8 cm³/mol. The number of hydrogen-bond donors (Lipinski definition) is 2. The Labute approximate surface area is 107 Å². The fourth-order valence-corrected chi connectivity index (χ4v) is 2.18. The summed E-state index contributed by atoms with van der Waals surface area (Å²) in [5.74, 6) is 5.70. The highest BCUT2D eigenvalue weighted by Gasteiger charge is 2.19. The number of nitrogens with zero attached hydrogens (tertiary/aromatic N) is 3. The zero-order valence-electron chi connectivity index (χ0n) is 11.0. The van der Waals surface area contributed by atoms with Crippen molar-refractivity contribution >= 4 is 0 Å². The van der Waals surface area contributed by atoms with Crippen LogP contribution in [-0.4, -0.2) is 14.8 Å². The molecular formula is C13H19N5. The molecule has 96 valence electrons. The van der Waals surface area contributed by atoms with Crippen molar-refractivity contribution in [3.63, 3.8) is 0 Å². The second kappa shape index (κ2) is 5.29. The van der Waals surface area contributed by atoms with Crippen LogP contribution in [0.4, 0.5) is 0 Å². The number of nitrogens with one attached hydrogen (secondary N) is 1.